The van der Waals surface area contributed by atoms with E-state index in [-0.39, 0.29) is 18.3 Å². The van der Waals surface area contributed by atoms with Gasteiger partial charge in [-0.1, -0.05) is 31.2 Å². The molecule has 2 fully saturated rings. The number of halogens is 1. The van der Waals surface area contributed by atoms with E-state index in [2.05, 4.69) is 51.8 Å². The Morgan fingerprint density at radius 3 is 2.80 bits per heavy atom. The van der Waals surface area contributed by atoms with E-state index in [0.29, 0.717) is 18.3 Å². The summed E-state index contributed by atoms with van der Waals surface area (Å²) in [7, 11) is 0. The molecule has 0 saturated carbocycles. The van der Waals surface area contributed by atoms with Crippen molar-refractivity contribution in [3.8, 4) is 0 Å². The number of carbonyl (C=O) groups excluding carboxylic acids is 1. The zero-order chi connectivity index (χ0) is 20.1. The molecule has 2 aliphatic heterocycles. The maximum Gasteiger partial charge on any atom is 0.272 e. The average molecular weight is 432 g/mol. The topological polar surface area (TPSA) is 62.2 Å². The van der Waals surface area contributed by atoms with Crippen LogP contribution in [0.5, 0.6) is 0 Å². The lowest BCUT2D eigenvalue weighted by Crippen LogP contribution is -2.34. The van der Waals surface area contributed by atoms with Gasteiger partial charge < -0.3 is 10.6 Å². The summed E-state index contributed by atoms with van der Waals surface area (Å²) in [6.45, 7) is 8.15. The first-order valence-electron chi connectivity index (χ1n) is 11.0. The highest BCUT2D eigenvalue weighted by Crippen LogP contribution is 2.20. The fraction of sp³-hybridized carbons (Fsp3) is 0.565. The fourth-order valence-electron chi connectivity index (χ4n) is 4.54. The summed E-state index contributed by atoms with van der Waals surface area (Å²) in [6.07, 6.45) is 6.80. The Labute approximate surface area is 185 Å². The summed E-state index contributed by atoms with van der Waals surface area (Å²) in [5.74, 6) is 0.666. The molecule has 0 bridgehead atoms. The number of rotatable bonds is 6. The van der Waals surface area contributed by atoms with Crippen LogP contribution in [0.15, 0.2) is 36.5 Å². The molecule has 6 nitrogen and oxygen atoms in total. The molecule has 0 radical (unpaired) electrons. The van der Waals surface area contributed by atoms with Gasteiger partial charge in [-0.05, 0) is 61.9 Å². The monoisotopic (exact) mass is 431 g/mol. The molecule has 2 aromatic rings. The fourth-order valence-corrected chi connectivity index (χ4v) is 4.54. The van der Waals surface area contributed by atoms with Gasteiger partial charge >= 0.3 is 0 Å². The maximum atomic E-state index is 12.6. The van der Waals surface area contributed by atoms with Crippen LogP contribution in [0.3, 0.4) is 0 Å². The number of carbonyl (C=O) groups is 1. The summed E-state index contributed by atoms with van der Waals surface area (Å²) in [5, 5.41) is 11.0. The zero-order valence-corrected chi connectivity index (χ0v) is 18.7. The third kappa shape index (κ3) is 5.84. The van der Waals surface area contributed by atoms with Crippen LogP contribution in [0.25, 0.3) is 0 Å². The molecule has 2 atom stereocenters. The second-order valence-electron chi connectivity index (χ2n) is 8.62. The van der Waals surface area contributed by atoms with Crippen molar-refractivity contribution in [1.82, 2.24) is 25.3 Å². The van der Waals surface area contributed by atoms with Crippen LogP contribution in [-0.2, 0) is 13.1 Å². The number of likely N-dealkylation sites (tertiary alicyclic amines) is 1. The predicted octanol–water partition coefficient (Wildman–Crippen LogP) is 3.39. The van der Waals surface area contributed by atoms with Gasteiger partial charge in [-0.15, -0.1) is 12.4 Å². The molecule has 2 saturated heterocycles. The van der Waals surface area contributed by atoms with E-state index in [4.69, 9.17) is 0 Å². The normalized spacial score (nSPS) is 22.3. The summed E-state index contributed by atoms with van der Waals surface area (Å²) in [5.41, 5.74) is 2.99. The molecule has 164 valence electrons. The molecule has 1 aromatic carbocycles. The molecule has 1 amide bonds. The minimum Gasteiger partial charge on any atom is -0.347 e. The van der Waals surface area contributed by atoms with Gasteiger partial charge in [0.25, 0.3) is 5.91 Å². The van der Waals surface area contributed by atoms with Crippen LogP contribution in [0, 0.1) is 5.92 Å². The van der Waals surface area contributed by atoms with Crippen molar-refractivity contribution in [2.45, 2.75) is 51.7 Å². The summed E-state index contributed by atoms with van der Waals surface area (Å²) < 4.78 is 1.94. The highest BCUT2D eigenvalue weighted by atomic mass is 35.5. The van der Waals surface area contributed by atoms with Crippen LogP contribution in [0.4, 0.5) is 0 Å². The van der Waals surface area contributed by atoms with Gasteiger partial charge in [-0.2, -0.15) is 5.10 Å². The third-order valence-electron chi connectivity index (χ3n) is 6.18. The lowest BCUT2D eigenvalue weighted by molar-refractivity contribution is 0.0944. The standard InChI is InChI=1S/C23H33N5O.ClH/c1-18-6-5-12-27(16-18)17-20-8-3-2-7-19(20)14-25-23(29)22-10-13-28(26-22)21-9-4-11-24-15-21;/h2-3,7-8,10,13,18,21,24H,4-6,9,11-12,14-17H2,1H3,(H,25,29);1H. The first-order chi connectivity index (χ1) is 14.2. The Morgan fingerprint density at radius 2 is 2.03 bits per heavy atom. The molecule has 0 aliphatic carbocycles. The van der Waals surface area contributed by atoms with Crippen LogP contribution in [-0.4, -0.2) is 46.8 Å². The molecule has 30 heavy (non-hydrogen) atoms. The SMILES string of the molecule is CC1CCCN(Cc2ccccc2CNC(=O)c2ccn(C3CCCNC3)n2)C1.Cl. The van der Waals surface area contributed by atoms with Crippen molar-refractivity contribution in [3.05, 3.63) is 53.3 Å². The van der Waals surface area contributed by atoms with Crippen LogP contribution >= 0.6 is 12.4 Å². The Morgan fingerprint density at radius 1 is 1.20 bits per heavy atom. The van der Waals surface area contributed by atoms with E-state index < -0.39 is 0 Å². The van der Waals surface area contributed by atoms with Gasteiger partial charge in [0.05, 0.1) is 6.04 Å². The van der Waals surface area contributed by atoms with E-state index in [1.165, 1.54) is 30.5 Å². The van der Waals surface area contributed by atoms with Crippen LogP contribution in [0.2, 0.25) is 0 Å². The van der Waals surface area contributed by atoms with Crippen molar-refractivity contribution in [2.24, 2.45) is 5.92 Å². The van der Waals surface area contributed by atoms with Gasteiger partial charge in [0.15, 0.2) is 0 Å². The lowest BCUT2D eigenvalue weighted by Gasteiger charge is -2.31. The van der Waals surface area contributed by atoms with E-state index >= 15 is 0 Å². The van der Waals surface area contributed by atoms with Gasteiger partial charge in [0.1, 0.15) is 5.69 Å². The number of nitrogens with one attached hydrogen (secondary N) is 2. The minimum absolute atomic E-state index is 0. The maximum absolute atomic E-state index is 12.6. The Kier molecular flexibility index (Phi) is 8.31. The van der Waals surface area contributed by atoms with Crippen molar-refractivity contribution in [3.63, 3.8) is 0 Å². The van der Waals surface area contributed by atoms with Crippen LogP contribution in [0.1, 0.15) is 60.3 Å². The number of hydrogen-bond donors (Lipinski definition) is 2. The molecular formula is C23H34ClN5O. The van der Waals surface area contributed by atoms with Crippen LogP contribution < -0.4 is 10.6 Å². The third-order valence-corrected chi connectivity index (χ3v) is 6.18. The number of nitrogens with zero attached hydrogens (tertiary/aromatic N) is 3. The van der Waals surface area contributed by atoms with E-state index in [1.54, 1.807) is 0 Å². The van der Waals surface area contributed by atoms with E-state index in [9.17, 15) is 4.79 Å². The van der Waals surface area contributed by atoms with Crippen molar-refractivity contribution in [2.75, 3.05) is 26.2 Å². The van der Waals surface area contributed by atoms with Gasteiger partial charge in [-0.3, -0.25) is 14.4 Å². The summed E-state index contributed by atoms with van der Waals surface area (Å²) in [4.78, 5) is 15.2. The zero-order valence-electron chi connectivity index (χ0n) is 17.8. The van der Waals surface area contributed by atoms with Gasteiger partial charge in [-0.25, -0.2) is 0 Å². The van der Waals surface area contributed by atoms with Gasteiger partial charge in [0.2, 0.25) is 0 Å². The second-order valence-corrected chi connectivity index (χ2v) is 8.62. The number of amides is 1. The highest BCUT2D eigenvalue weighted by molar-refractivity contribution is 5.92. The molecule has 7 heteroatoms. The molecule has 4 rings (SSSR count). The molecule has 3 heterocycles. The van der Waals surface area contributed by atoms with Gasteiger partial charge in [0, 0.05) is 32.4 Å². The first-order valence-corrected chi connectivity index (χ1v) is 11.0. The van der Waals surface area contributed by atoms with Crippen molar-refractivity contribution >= 4 is 18.3 Å². The average Bonchev–Trinajstić information content (AvgIpc) is 3.24. The smallest absolute Gasteiger partial charge is 0.272 e. The minimum atomic E-state index is -0.103. The Balaban J connectivity index is 0.00000256. The largest absolute Gasteiger partial charge is 0.347 e. The lowest BCUT2D eigenvalue weighted by atomic mass is 9.99. The first kappa shape index (κ1) is 22.8. The van der Waals surface area contributed by atoms with E-state index in [0.717, 1.165) is 44.9 Å². The molecule has 1 aromatic heterocycles. The highest BCUT2D eigenvalue weighted by Gasteiger charge is 2.19. The predicted molar refractivity (Wildman–Crippen MR) is 122 cm³/mol. The number of benzene rings is 1. The number of aromatic nitrogens is 2. The van der Waals surface area contributed by atoms with Crippen molar-refractivity contribution < 1.29 is 4.79 Å². The molecule has 2 aliphatic rings. The molecular weight excluding hydrogens is 398 g/mol. The molecule has 2 N–H and O–H groups in total. The molecule has 2 unspecified atom stereocenters. The number of piperidine rings is 2. The van der Waals surface area contributed by atoms with Crippen molar-refractivity contribution in [1.29, 1.82) is 0 Å². The number of hydrogen-bond acceptors (Lipinski definition) is 4. The quantitative estimate of drug-likeness (QED) is 0.735. The second kappa shape index (κ2) is 10.9. The Bertz CT molecular complexity index is 817. The Hall–Kier alpha value is -1.89. The summed E-state index contributed by atoms with van der Waals surface area (Å²) in [6, 6.07) is 10.6. The van der Waals surface area contributed by atoms with E-state index in [1.807, 2.05) is 16.9 Å². The summed E-state index contributed by atoms with van der Waals surface area (Å²) >= 11 is 0. The molecule has 0 spiro atoms.